The Morgan fingerprint density at radius 2 is 1.88 bits per heavy atom. The van der Waals surface area contributed by atoms with Crippen LogP contribution in [-0.2, 0) is 6.54 Å². The van der Waals surface area contributed by atoms with Gasteiger partial charge in [-0.15, -0.1) is 0 Å². The number of rotatable bonds is 6. The monoisotopic (exact) mass is 353 g/mol. The maximum absolute atomic E-state index is 13.0. The van der Waals surface area contributed by atoms with Gasteiger partial charge in [-0.05, 0) is 50.9 Å². The molecule has 0 saturated heterocycles. The first-order chi connectivity index (χ1) is 12.6. The molecule has 0 bridgehead atoms. The van der Waals surface area contributed by atoms with Crippen molar-refractivity contribution in [3.05, 3.63) is 52.8 Å². The molecule has 1 aromatic heterocycles. The van der Waals surface area contributed by atoms with E-state index < -0.39 is 0 Å². The molecule has 3 rings (SSSR count). The van der Waals surface area contributed by atoms with Crippen molar-refractivity contribution in [1.82, 2.24) is 9.88 Å². The standard InChI is InChI=1S/C22H31N3O/c1-4-23-15-18-10-8-9-13-21(18)24-22(26)20-14-16(2)25(17(20)3)19-11-6-5-7-12-19/h8-10,13-14,19,23H,4-7,11-12,15H2,1-3H3,(H,24,26). The van der Waals surface area contributed by atoms with Gasteiger partial charge in [0.15, 0.2) is 0 Å². The van der Waals surface area contributed by atoms with E-state index in [0.717, 1.165) is 35.6 Å². The minimum atomic E-state index is -0.0101. The van der Waals surface area contributed by atoms with Gasteiger partial charge in [0.05, 0.1) is 5.56 Å². The second kappa shape index (κ2) is 8.54. The van der Waals surface area contributed by atoms with Gasteiger partial charge in [0.25, 0.3) is 5.91 Å². The van der Waals surface area contributed by atoms with E-state index >= 15 is 0 Å². The first-order valence-electron chi connectivity index (χ1n) is 9.90. The van der Waals surface area contributed by atoms with E-state index in [1.54, 1.807) is 0 Å². The van der Waals surface area contributed by atoms with Gasteiger partial charge in [0.1, 0.15) is 0 Å². The topological polar surface area (TPSA) is 46.1 Å². The number of nitrogens with one attached hydrogen (secondary N) is 2. The lowest BCUT2D eigenvalue weighted by atomic mass is 9.95. The maximum atomic E-state index is 13.0. The molecule has 1 aliphatic carbocycles. The Bertz CT molecular complexity index is 757. The molecule has 4 nitrogen and oxygen atoms in total. The van der Waals surface area contributed by atoms with Crippen molar-refractivity contribution in [2.24, 2.45) is 0 Å². The van der Waals surface area contributed by atoms with E-state index in [9.17, 15) is 4.79 Å². The Morgan fingerprint density at radius 1 is 1.15 bits per heavy atom. The molecule has 1 saturated carbocycles. The van der Waals surface area contributed by atoms with Crippen LogP contribution in [0.25, 0.3) is 0 Å². The number of nitrogens with zero attached hydrogens (tertiary/aromatic N) is 1. The van der Waals surface area contributed by atoms with Crippen LogP contribution in [0.15, 0.2) is 30.3 Å². The molecule has 0 unspecified atom stereocenters. The van der Waals surface area contributed by atoms with Gasteiger partial charge >= 0.3 is 0 Å². The highest BCUT2D eigenvalue weighted by molar-refractivity contribution is 6.05. The van der Waals surface area contributed by atoms with E-state index in [-0.39, 0.29) is 5.91 Å². The number of para-hydroxylation sites is 1. The highest BCUT2D eigenvalue weighted by Crippen LogP contribution is 2.32. The molecular weight excluding hydrogens is 322 g/mol. The van der Waals surface area contributed by atoms with Crippen molar-refractivity contribution in [1.29, 1.82) is 0 Å². The first-order valence-corrected chi connectivity index (χ1v) is 9.90. The molecule has 4 heteroatoms. The molecule has 2 aromatic rings. The summed E-state index contributed by atoms with van der Waals surface area (Å²) in [4.78, 5) is 13.0. The number of benzene rings is 1. The van der Waals surface area contributed by atoms with Crippen LogP contribution in [0.4, 0.5) is 5.69 Å². The smallest absolute Gasteiger partial charge is 0.257 e. The molecule has 0 atom stereocenters. The van der Waals surface area contributed by atoms with Gasteiger partial charge in [-0.3, -0.25) is 4.79 Å². The van der Waals surface area contributed by atoms with Crippen molar-refractivity contribution in [3.8, 4) is 0 Å². The Morgan fingerprint density at radius 3 is 2.62 bits per heavy atom. The van der Waals surface area contributed by atoms with Gasteiger partial charge in [-0.1, -0.05) is 44.4 Å². The number of aromatic nitrogens is 1. The normalized spacial score (nSPS) is 15.2. The van der Waals surface area contributed by atoms with E-state index in [2.05, 4.69) is 42.0 Å². The Hall–Kier alpha value is -2.07. The lowest BCUT2D eigenvalue weighted by Gasteiger charge is -2.26. The van der Waals surface area contributed by atoms with Crippen molar-refractivity contribution < 1.29 is 4.79 Å². The summed E-state index contributed by atoms with van der Waals surface area (Å²) in [5.41, 5.74) is 5.09. The fraction of sp³-hybridized carbons (Fsp3) is 0.500. The molecule has 0 aliphatic heterocycles. The maximum Gasteiger partial charge on any atom is 0.257 e. The minimum Gasteiger partial charge on any atom is -0.345 e. The summed E-state index contributed by atoms with van der Waals surface area (Å²) in [7, 11) is 0. The van der Waals surface area contributed by atoms with Crippen molar-refractivity contribution in [2.75, 3.05) is 11.9 Å². The fourth-order valence-corrected chi connectivity index (χ4v) is 4.15. The van der Waals surface area contributed by atoms with Crippen molar-refractivity contribution in [2.45, 2.75) is 65.5 Å². The second-order valence-electron chi connectivity index (χ2n) is 7.34. The van der Waals surface area contributed by atoms with E-state index in [1.165, 1.54) is 37.8 Å². The fourth-order valence-electron chi connectivity index (χ4n) is 4.15. The van der Waals surface area contributed by atoms with Crippen molar-refractivity contribution in [3.63, 3.8) is 0 Å². The van der Waals surface area contributed by atoms with E-state index in [0.29, 0.717) is 6.04 Å². The Balaban J connectivity index is 1.81. The van der Waals surface area contributed by atoms with Gasteiger partial charge in [0, 0.05) is 29.7 Å². The molecule has 1 aliphatic rings. The van der Waals surface area contributed by atoms with Gasteiger partial charge in [-0.2, -0.15) is 0 Å². The third kappa shape index (κ3) is 4.01. The van der Waals surface area contributed by atoms with Gasteiger partial charge < -0.3 is 15.2 Å². The number of hydrogen-bond acceptors (Lipinski definition) is 2. The van der Waals surface area contributed by atoms with Crippen LogP contribution in [0.5, 0.6) is 0 Å². The summed E-state index contributed by atoms with van der Waals surface area (Å²) in [5.74, 6) is -0.0101. The second-order valence-corrected chi connectivity index (χ2v) is 7.34. The van der Waals surface area contributed by atoms with E-state index in [1.807, 2.05) is 24.3 Å². The van der Waals surface area contributed by atoms with Crippen LogP contribution in [-0.4, -0.2) is 17.0 Å². The number of aryl methyl sites for hydroxylation is 1. The third-order valence-electron chi connectivity index (χ3n) is 5.50. The zero-order valence-electron chi connectivity index (χ0n) is 16.3. The number of carbonyl (C=O) groups is 1. The van der Waals surface area contributed by atoms with E-state index in [4.69, 9.17) is 0 Å². The summed E-state index contributed by atoms with van der Waals surface area (Å²) in [6.07, 6.45) is 6.37. The van der Waals surface area contributed by atoms with Crippen LogP contribution >= 0.6 is 0 Å². The highest BCUT2D eigenvalue weighted by Gasteiger charge is 2.22. The molecule has 26 heavy (non-hydrogen) atoms. The molecule has 1 fully saturated rings. The highest BCUT2D eigenvalue weighted by atomic mass is 16.1. The lowest BCUT2D eigenvalue weighted by Crippen LogP contribution is -2.19. The first kappa shape index (κ1) is 18.7. The molecule has 0 spiro atoms. The summed E-state index contributed by atoms with van der Waals surface area (Å²) in [6.45, 7) is 7.96. The average Bonchev–Trinajstić information content (AvgIpc) is 2.96. The van der Waals surface area contributed by atoms with Crippen molar-refractivity contribution >= 4 is 11.6 Å². The molecular formula is C22H31N3O. The lowest BCUT2D eigenvalue weighted by molar-refractivity contribution is 0.102. The van der Waals surface area contributed by atoms with Crippen LogP contribution < -0.4 is 10.6 Å². The predicted octanol–water partition coefficient (Wildman–Crippen LogP) is 4.97. The SMILES string of the molecule is CCNCc1ccccc1NC(=O)c1cc(C)n(C2CCCCC2)c1C. The number of carbonyl (C=O) groups excluding carboxylic acids is 1. The molecule has 2 N–H and O–H groups in total. The molecule has 0 radical (unpaired) electrons. The third-order valence-corrected chi connectivity index (χ3v) is 5.50. The molecule has 1 amide bonds. The molecule has 1 heterocycles. The van der Waals surface area contributed by atoms with Gasteiger partial charge in [0.2, 0.25) is 0 Å². The largest absolute Gasteiger partial charge is 0.345 e. The zero-order valence-corrected chi connectivity index (χ0v) is 16.3. The average molecular weight is 354 g/mol. The summed E-state index contributed by atoms with van der Waals surface area (Å²) >= 11 is 0. The summed E-state index contributed by atoms with van der Waals surface area (Å²) in [6, 6.07) is 10.6. The minimum absolute atomic E-state index is 0.0101. The Kier molecular flexibility index (Phi) is 6.15. The summed E-state index contributed by atoms with van der Waals surface area (Å²) < 4.78 is 2.39. The Labute approximate surface area is 157 Å². The zero-order chi connectivity index (χ0) is 18.5. The summed E-state index contributed by atoms with van der Waals surface area (Å²) in [5, 5.41) is 6.46. The van der Waals surface area contributed by atoms with Crippen LogP contribution in [0.1, 0.15) is 72.4 Å². The van der Waals surface area contributed by atoms with Crippen LogP contribution in [0.3, 0.4) is 0 Å². The van der Waals surface area contributed by atoms with Gasteiger partial charge in [-0.25, -0.2) is 0 Å². The predicted molar refractivity (Wildman–Crippen MR) is 108 cm³/mol. The number of hydrogen-bond donors (Lipinski definition) is 2. The molecule has 140 valence electrons. The number of anilines is 1. The van der Waals surface area contributed by atoms with Crippen LogP contribution in [0.2, 0.25) is 0 Å². The van der Waals surface area contributed by atoms with Crippen LogP contribution in [0, 0.1) is 13.8 Å². The number of amides is 1. The molecule has 1 aromatic carbocycles. The quantitative estimate of drug-likeness (QED) is 0.770.